The first-order chi connectivity index (χ1) is 14.6. The minimum Gasteiger partial charge on any atom is -0.0654 e. The Labute approximate surface area is 188 Å². The maximum atomic E-state index is 2.44. The fourth-order valence-electron chi connectivity index (χ4n) is 4.14. The van der Waals surface area contributed by atoms with E-state index in [9.17, 15) is 0 Å². The molecule has 0 aliphatic rings. The zero-order valence-corrected chi connectivity index (χ0v) is 20.9. The molecular weight excluding hydrogens is 360 g/mol. The van der Waals surface area contributed by atoms with Crippen molar-refractivity contribution >= 4 is 0 Å². The van der Waals surface area contributed by atoms with Gasteiger partial charge in [0.2, 0.25) is 0 Å². The second kappa shape index (κ2) is 16.2. The minimum absolute atomic E-state index is 1.22. The number of hydrogen-bond acceptors (Lipinski definition) is 0. The van der Waals surface area contributed by atoms with Gasteiger partial charge in [0.05, 0.1) is 0 Å². The Morgan fingerprint density at radius 1 is 0.400 bits per heavy atom. The highest BCUT2D eigenvalue weighted by atomic mass is 14.1. The van der Waals surface area contributed by atoms with Crippen molar-refractivity contribution in [1.29, 1.82) is 0 Å². The van der Waals surface area contributed by atoms with Crippen LogP contribution < -0.4 is 0 Å². The molecule has 0 aliphatic heterocycles. The van der Waals surface area contributed by atoms with E-state index in [0.717, 1.165) is 0 Å². The third-order valence-corrected chi connectivity index (χ3v) is 5.56. The Kier molecular flexibility index (Phi) is 14.3. The third-order valence-electron chi connectivity index (χ3n) is 5.56. The van der Waals surface area contributed by atoms with E-state index < -0.39 is 0 Å². The van der Waals surface area contributed by atoms with Crippen LogP contribution in [0, 0.1) is 6.92 Å². The van der Waals surface area contributed by atoms with Gasteiger partial charge < -0.3 is 0 Å². The van der Waals surface area contributed by atoms with Gasteiger partial charge in [-0.1, -0.05) is 109 Å². The topological polar surface area (TPSA) is 0 Å². The molecule has 0 saturated carbocycles. The van der Waals surface area contributed by atoms with Crippen molar-refractivity contribution in [1.82, 2.24) is 0 Å². The lowest BCUT2D eigenvalue weighted by molar-refractivity contribution is 0.776. The zero-order valence-electron chi connectivity index (χ0n) is 20.9. The molecule has 0 unspecified atom stereocenters. The average molecular weight is 409 g/mol. The molecule has 168 valence electrons. The number of rotatable bonds is 12. The van der Waals surface area contributed by atoms with E-state index in [1.807, 2.05) is 0 Å². The van der Waals surface area contributed by atoms with E-state index in [2.05, 4.69) is 77.9 Å². The van der Waals surface area contributed by atoms with Crippen LogP contribution in [0.2, 0.25) is 0 Å². The number of hydrogen-bond donors (Lipinski definition) is 0. The molecule has 0 spiro atoms. The lowest BCUT2D eigenvalue weighted by Gasteiger charge is -2.09. The van der Waals surface area contributed by atoms with E-state index in [0.29, 0.717) is 0 Å². The van der Waals surface area contributed by atoms with Crippen molar-refractivity contribution in [2.45, 2.75) is 119 Å². The lowest BCUT2D eigenvalue weighted by atomic mass is 9.97. The van der Waals surface area contributed by atoms with Crippen LogP contribution in [0.15, 0.2) is 36.4 Å². The molecule has 0 heterocycles. The van der Waals surface area contributed by atoms with Gasteiger partial charge in [0.25, 0.3) is 0 Å². The highest BCUT2D eigenvalue weighted by Gasteiger charge is 2.01. The van der Waals surface area contributed by atoms with Gasteiger partial charge in [0, 0.05) is 0 Å². The van der Waals surface area contributed by atoms with Crippen LogP contribution in [-0.4, -0.2) is 0 Å². The van der Waals surface area contributed by atoms with E-state index in [1.165, 1.54) is 93.7 Å². The summed E-state index contributed by atoms with van der Waals surface area (Å²) >= 11 is 0. The molecule has 0 saturated heterocycles. The lowest BCUT2D eigenvalue weighted by Crippen LogP contribution is -1.94. The predicted octanol–water partition coefficient (Wildman–Crippen LogP) is 9.22. The monoisotopic (exact) mass is 408 g/mol. The normalized spacial score (nSPS) is 10.6. The summed E-state index contributed by atoms with van der Waals surface area (Å²) in [4.78, 5) is 0. The summed E-state index contributed by atoms with van der Waals surface area (Å²) in [6.45, 7) is 13.5. The van der Waals surface area contributed by atoms with Crippen LogP contribution in [0.25, 0.3) is 0 Å². The Morgan fingerprint density at radius 3 is 1.00 bits per heavy atom. The van der Waals surface area contributed by atoms with Crippen LogP contribution in [0.4, 0.5) is 0 Å². The number of aryl methyl sites for hydroxylation is 6. The summed E-state index contributed by atoms with van der Waals surface area (Å²) in [6, 6.07) is 14.3. The molecule has 0 atom stereocenters. The number of benzene rings is 2. The first-order valence-electron chi connectivity index (χ1n) is 12.8. The quantitative estimate of drug-likeness (QED) is 0.328. The van der Waals surface area contributed by atoms with Crippen molar-refractivity contribution in [3.8, 4) is 0 Å². The maximum absolute atomic E-state index is 2.44. The molecule has 30 heavy (non-hydrogen) atoms. The van der Waals surface area contributed by atoms with Crippen molar-refractivity contribution in [3.05, 3.63) is 69.8 Å². The van der Waals surface area contributed by atoms with Gasteiger partial charge >= 0.3 is 0 Å². The fourth-order valence-corrected chi connectivity index (χ4v) is 4.14. The number of unbranched alkanes of at least 4 members (excludes halogenated alkanes) is 2. The summed E-state index contributed by atoms with van der Waals surface area (Å²) in [6.07, 6.45) is 15.2. The molecule has 2 aromatic carbocycles. The standard InChI is InChI=1S/C17H28.C13H20/c1-4-7-10-16-12-15(9-6-3)13-17(14-16)11-8-5-2;1-4-6-12-8-11(3)9-13(10-12)7-5-2/h12-14H,4-11H2,1-3H3;8-10H,4-7H2,1-3H3. The van der Waals surface area contributed by atoms with Crippen LogP contribution in [0.1, 0.15) is 113 Å². The molecule has 0 bridgehead atoms. The molecule has 0 nitrogen and oxygen atoms in total. The van der Waals surface area contributed by atoms with E-state index >= 15 is 0 Å². The molecule has 0 radical (unpaired) electrons. The van der Waals surface area contributed by atoms with E-state index in [-0.39, 0.29) is 0 Å². The van der Waals surface area contributed by atoms with E-state index in [1.54, 1.807) is 16.7 Å². The molecule has 2 rings (SSSR count). The smallest absolute Gasteiger partial charge is 0.0279 e. The summed E-state index contributed by atoms with van der Waals surface area (Å²) in [5.74, 6) is 0. The third kappa shape index (κ3) is 11.0. The Hall–Kier alpha value is -1.56. The Bertz CT molecular complexity index is 645. The van der Waals surface area contributed by atoms with Crippen LogP contribution in [0.5, 0.6) is 0 Å². The zero-order chi connectivity index (χ0) is 22.2. The SMILES string of the molecule is CCCCc1cc(CCC)cc(CCCC)c1.CCCc1cc(C)cc(CCC)c1. The highest BCUT2D eigenvalue weighted by Crippen LogP contribution is 2.16. The van der Waals surface area contributed by atoms with Gasteiger partial charge in [-0.3, -0.25) is 0 Å². The van der Waals surface area contributed by atoms with Crippen molar-refractivity contribution in [2.75, 3.05) is 0 Å². The van der Waals surface area contributed by atoms with Crippen LogP contribution >= 0.6 is 0 Å². The Balaban J connectivity index is 0.000000311. The average Bonchev–Trinajstić information content (AvgIpc) is 2.71. The summed E-state index contributed by atoms with van der Waals surface area (Å²) in [5.41, 5.74) is 9.09. The molecule has 0 heteroatoms. The van der Waals surface area contributed by atoms with Gasteiger partial charge in [-0.05, 0) is 79.7 Å². The largest absolute Gasteiger partial charge is 0.0654 e. The molecule has 0 N–H and O–H groups in total. The predicted molar refractivity (Wildman–Crippen MR) is 137 cm³/mol. The van der Waals surface area contributed by atoms with Gasteiger partial charge in [-0.2, -0.15) is 0 Å². The van der Waals surface area contributed by atoms with Gasteiger partial charge in [-0.25, -0.2) is 0 Å². The molecular formula is C30H48. The summed E-state index contributed by atoms with van der Waals surface area (Å²) in [5, 5.41) is 0. The minimum atomic E-state index is 1.22. The second-order valence-corrected chi connectivity index (χ2v) is 8.94. The molecule has 0 aromatic heterocycles. The van der Waals surface area contributed by atoms with Crippen molar-refractivity contribution in [3.63, 3.8) is 0 Å². The molecule has 0 aliphatic carbocycles. The molecule has 2 aromatic rings. The van der Waals surface area contributed by atoms with Crippen LogP contribution in [0.3, 0.4) is 0 Å². The van der Waals surface area contributed by atoms with Crippen molar-refractivity contribution < 1.29 is 0 Å². The van der Waals surface area contributed by atoms with Gasteiger partial charge in [-0.15, -0.1) is 0 Å². The second-order valence-electron chi connectivity index (χ2n) is 8.94. The van der Waals surface area contributed by atoms with Crippen molar-refractivity contribution in [2.24, 2.45) is 0 Å². The maximum Gasteiger partial charge on any atom is -0.0279 e. The Morgan fingerprint density at radius 2 is 0.700 bits per heavy atom. The summed E-state index contributed by atoms with van der Waals surface area (Å²) < 4.78 is 0. The molecule has 0 fully saturated rings. The summed E-state index contributed by atoms with van der Waals surface area (Å²) in [7, 11) is 0. The van der Waals surface area contributed by atoms with E-state index in [4.69, 9.17) is 0 Å². The van der Waals surface area contributed by atoms with Crippen LogP contribution in [-0.2, 0) is 32.1 Å². The molecule has 0 amide bonds. The first kappa shape index (κ1) is 26.5. The van der Waals surface area contributed by atoms with Gasteiger partial charge in [0.15, 0.2) is 0 Å². The van der Waals surface area contributed by atoms with Gasteiger partial charge in [0.1, 0.15) is 0 Å². The fraction of sp³-hybridized carbons (Fsp3) is 0.600. The first-order valence-corrected chi connectivity index (χ1v) is 12.8. The highest BCUT2D eigenvalue weighted by molar-refractivity contribution is 5.31.